The Morgan fingerprint density at radius 2 is 1.76 bits per heavy atom. The van der Waals surface area contributed by atoms with Gasteiger partial charge in [-0.1, -0.05) is 52.0 Å². The van der Waals surface area contributed by atoms with E-state index in [4.69, 9.17) is 4.74 Å². The minimum absolute atomic E-state index is 0.343. The predicted octanol–water partition coefficient (Wildman–Crippen LogP) is 6.15. The molecule has 1 heteroatoms. The third-order valence-electron chi connectivity index (χ3n) is 5.02. The summed E-state index contributed by atoms with van der Waals surface area (Å²) < 4.78 is 6.32. The normalized spacial score (nSPS) is 26.8. The van der Waals surface area contributed by atoms with Gasteiger partial charge in [0.1, 0.15) is 0 Å². The lowest BCUT2D eigenvalue weighted by Crippen LogP contribution is -2.32. The zero-order valence-electron chi connectivity index (χ0n) is 15.1. The van der Waals surface area contributed by atoms with Gasteiger partial charge in [-0.2, -0.15) is 0 Å². The minimum Gasteiger partial charge on any atom is -0.375 e. The highest BCUT2D eigenvalue weighted by atomic mass is 16.5. The molecule has 0 N–H and O–H groups in total. The SMILES string of the molecule is C=C(C)/C=C\C[C@@H](C)C(C)O[C@H]1CC[C@H](C(C)(C)C)CC1. The van der Waals surface area contributed by atoms with Gasteiger partial charge >= 0.3 is 0 Å². The Kier molecular flexibility index (Phi) is 7.20. The number of ether oxygens (including phenoxy) is 1. The molecule has 0 spiro atoms. The molecule has 0 amide bonds. The fourth-order valence-electron chi connectivity index (χ4n) is 3.18. The van der Waals surface area contributed by atoms with Crippen molar-refractivity contribution in [3.8, 4) is 0 Å². The fourth-order valence-corrected chi connectivity index (χ4v) is 3.18. The molecule has 1 unspecified atom stereocenters. The molecule has 0 aliphatic heterocycles. The van der Waals surface area contributed by atoms with E-state index in [-0.39, 0.29) is 0 Å². The maximum Gasteiger partial charge on any atom is 0.0579 e. The number of hydrogen-bond acceptors (Lipinski definition) is 1. The summed E-state index contributed by atoms with van der Waals surface area (Å²) in [5.74, 6) is 1.43. The van der Waals surface area contributed by atoms with Gasteiger partial charge in [0.05, 0.1) is 12.2 Å². The van der Waals surface area contributed by atoms with Crippen LogP contribution in [0.4, 0.5) is 0 Å². The zero-order chi connectivity index (χ0) is 16.0. The Bertz CT molecular complexity index is 339. The molecule has 1 fully saturated rings. The van der Waals surface area contributed by atoms with Crippen LogP contribution in [0.15, 0.2) is 24.3 Å². The highest BCUT2D eigenvalue weighted by molar-refractivity contribution is 5.10. The van der Waals surface area contributed by atoms with E-state index >= 15 is 0 Å². The Balaban J connectivity index is 2.33. The van der Waals surface area contributed by atoms with E-state index in [1.165, 1.54) is 25.7 Å². The van der Waals surface area contributed by atoms with Gasteiger partial charge in [-0.3, -0.25) is 0 Å². The number of rotatable bonds is 6. The van der Waals surface area contributed by atoms with Gasteiger partial charge in [0.25, 0.3) is 0 Å². The maximum absolute atomic E-state index is 6.32. The average molecular weight is 293 g/mol. The van der Waals surface area contributed by atoms with Crippen LogP contribution in [0.1, 0.15) is 73.6 Å². The van der Waals surface area contributed by atoms with Crippen LogP contribution >= 0.6 is 0 Å². The molecule has 1 aliphatic rings. The van der Waals surface area contributed by atoms with Gasteiger partial charge in [-0.05, 0) is 63.2 Å². The molecule has 0 aromatic rings. The molecule has 0 bridgehead atoms. The molecular weight excluding hydrogens is 256 g/mol. The lowest BCUT2D eigenvalue weighted by molar-refractivity contribution is -0.0565. The van der Waals surface area contributed by atoms with Crippen molar-refractivity contribution in [2.24, 2.45) is 17.3 Å². The molecule has 1 nitrogen and oxygen atoms in total. The van der Waals surface area contributed by atoms with E-state index < -0.39 is 0 Å². The van der Waals surface area contributed by atoms with Crippen molar-refractivity contribution in [2.45, 2.75) is 85.9 Å². The molecule has 0 aromatic heterocycles. The molecule has 0 saturated heterocycles. The van der Waals surface area contributed by atoms with Crippen LogP contribution in [0.25, 0.3) is 0 Å². The first-order valence-corrected chi connectivity index (χ1v) is 8.67. The summed E-state index contributed by atoms with van der Waals surface area (Å²) in [4.78, 5) is 0. The summed E-state index contributed by atoms with van der Waals surface area (Å²) >= 11 is 0. The van der Waals surface area contributed by atoms with E-state index in [2.05, 4.69) is 53.3 Å². The number of allylic oxidation sites excluding steroid dienone is 3. The van der Waals surface area contributed by atoms with Crippen LogP contribution in [0.2, 0.25) is 0 Å². The fraction of sp³-hybridized carbons (Fsp3) is 0.800. The van der Waals surface area contributed by atoms with Gasteiger partial charge in [-0.25, -0.2) is 0 Å². The Morgan fingerprint density at radius 3 is 2.24 bits per heavy atom. The monoisotopic (exact) mass is 292 g/mol. The molecule has 0 heterocycles. The average Bonchev–Trinajstić information content (AvgIpc) is 2.37. The smallest absolute Gasteiger partial charge is 0.0579 e. The van der Waals surface area contributed by atoms with E-state index in [1.807, 2.05) is 6.92 Å². The van der Waals surface area contributed by atoms with E-state index in [0.29, 0.717) is 23.5 Å². The topological polar surface area (TPSA) is 9.23 Å². The first-order chi connectivity index (χ1) is 9.70. The van der Waals surface area contributed by atoms with E-state index in [0.717, 1.165) is 17.9 Å². The molecule has 1 saturated carbocycles. The van der Waals surface area contributed by atoms with Crippen molar-refractivity contribution in [1.29, 1.82) is 0 Å². The quantitative estimate of drug-likeness (QED) is 0.533. The van der Waals surface area contributed by atoms with Gasteiger partial charge in [-0.15, -0.1) is 0 Å². The first-order valence-electron chi connectivity index (χ1n) is 8.67. The first kappa shape index (κ1) is 18.5. The molecule has 1 rings (SSSR count). The molecular formula is C20H36O. The predicted molar refractivity (Wildman–Crippen MR) is 93.5 cm³/mol. The van der Waals surface area contributed by atoms with E-state index in [1.54, 1.807) is 0 Å². The van der Waals surface area contributed by atoms with Crippen molar-refractivity contribution in [3.63, 3.8) is 0 Å². The zero-order valence-corrected chi connectivity index (χ0v) is 15.1. The van der Waals surface area contributed by atoms with Gasteiger partial charge in [0.2, 0.25) is 0 Å². The second-order valence-corrected chi connectivity index (χ2v) is 8.14. The minimum atomic E-state index is 0.343. The Morgan fingerprint density at radius 1 is 1.19 bits per heavy atom. The Labute approximate surface area is 132 Å². The van der Waals surface area contributed by atoms with Gasteiger partial charge < -0.3 is 4.74 Å². The van der Waals surface area contributed by atoms with E-state index in [9.17, 15) is 0 Å². The number of hydrogen-bond donors (Lipinski definition) is 0. The van der Waals surface area contributed by atoms with Crippen LogP contribution in [0.3, 0.4) is 0 Å². The summed E-state index contributed by atoms with van der Waals surface area (Å²) in [6.45, 7) is 17.6. The molecule has 21 heavy (non-hydrogen) atoms. The summed E-state index contributed by atoms with van der Waals surface area (Å²) in [5, 5.41) is 0. The molecule has 1 aliphatic carbocycles. The van der Waals surface area contributed by atoms with Crippen molar-refractivity contribution < 1.29 is 4.74 Å². The van der Waals surface area contributed by atoms with Crippen molar-refractivity contribution in [2.75, 3.05) is 0 Å². The second kappa shape index (κ2) is 8.17. The third kappa shape index (κ3) is 6.82. The van der Waals surface area contributed by atoms with Crippen LogP contribution < -0.4 is 0 Å². The molecule has 0 aromatic carbocycles. The second-order valence-electron chi connectivity index (χ2n) is 8.14. The largest absolute Gasteiger partial charge is 0.375 e. The van der Waals surface area contributed by atoms with Crippen LogP contribution in [-0.4, -0.2) is 12.2 Å². The maximum atomic E-state index is 6.32. The van der Waals surface area contributed by atoms with Crippen molar-refractivity contribution >= 4 is 0 Å². The summed E-state index contributed by atoms with van der Waals surface area (Å²) in [5.41, 5.74) is 1.58. The molecule has 0 radical (unpaired) electrons. The molecule has 2 atom stereocenters. The summed E-state index contributed by atoms with van der Waals surface area (Å²) in [6, 6.07) is 0. The molecule has 122 valence electrons. The lowest BCUT2D eigenvalue weighted by Gasteiger charge is -2.38. The standard InChI is InChI=1S/C20H36O/c1-15(2)9-8-10-16(3)17(4)21-19-13-11-18(12-14-19)20(5,6)7/h8-9,16-19H,1,10-14H2,2-7H3/b9-8-/t16-,17?,18-,19-/m1/s1. The summed E-state index contributed by atoms with van der Waals surface area (Å²) in [7, 11) is 0. The van der Waals surface area contributed by atoms with Crippen molar-refractivity contribution in [1.82, 2.24) is 0 Å². The van der Waals surface area contributed by atoms with Gasteiger partial charge in [0.15, 0.2) is 0 Å². The van der Waals surface area contributed by atoms with Crippen LogP contribution in [-0.2, 0) is 4.74 Å². The highest BCUT2D eigenvalue weighted by Crippen LogP contribution is 2.39. The Hall–Kier alpha value is -0.560. The highest BCUT2D eigenvalue weighted by Gasteiger charge is 2.30. The van der Waals surface area contributed by atoms with Crippen LogP contribution in [0, 0.1) is 17.3 Å². The van der Waals surface area contributed by atoms with Gasteiger partial charge in [0, 0.05) is 0 Å². The van der Waals surface area contributed by atoms with Crippen LogP contribution in [0.5, 0.6) is 0 Å². The van der Waals surface area contributed by atoms with Crippen molar-refractivity contribution in [3.05, 3.63) is 24.3 Å². The lowest BCUT2D eigenvalue weighted by atomic mass is 9.72. The summed E-state index contributed by atoms with van der Waals surface area (Å²) in [6.07, 6.45) is 11.4. The third-order valence-corrected chi connectivity index (χ3v) is 5.02.